The molecule has 0 aliphatic carbocycles. The van der Waals surface area contributed by atoms with Gasteiger partial charge in [-0.15, -0.1) is 0 Å². The zero-order valence-electron chi connectivity index (χ0n) is 9.20. The molecule has 1 aromatic heterocycles. The van der Waals surface area contributed by atoms with Gasteiger partial charge in [0.2, 0.25) is 0 Å². The summed E-state index contributed by atoms with van der Waals surface area (Å²) in [6.45, 7) is 3.60. The van der Waals surface area contributed by atoms with Gasteiger partial charge < -0.3 is 10.2 Å². The van der Waals surface area contributed by atoms with Crippen molar-refractivity contribution in [1.29, 1.82) is 5.26 Å². The normalized spacial score (nSPS) is 9.40. The summed E-state index contributed by atoms with van der Waals surface area (Å²) in [5.74, 6) is 1.77. The molecule has 0 fully saturated rings. The number of nitrogens with one attached hydrogen (secondary N) is 1. The molecular weight excluding hydrogens is 188 g/mol. The van der Waals surface area contributed by atoms with E-state index in [4.69, 9.17) is 5.26 Å². The van der Waals surface area contributed by atoms with Gasteiger partial charge in [0, 0.05) is 20.1 Å². The zero-order valence-corrected chi connectivity index (χ0v) is 9.20. The van der Waals surface area contributed by atoms with E-state index in [-0.39, 0.29) is 0 Å². The third kappa shape index (κ3) is 3.47. The SMILES string of the molecule is CCNc1cccc(N(C)CCC#N)n1. The van der Waals surface area contributed by atoms with E-state index >= 15 is 0 Å². The van der Waals surface area contributed by atoms with Gasteiger partial charge in [-0.25, -0.2) is 4.98 Å². The number of rotatable bonds is 5. The third-order valence-electron chi connectivity index (χ3n) is 2.04. The van der Waals surface area contributed by atoms with Crippen molar-refractivity contribution in [2.45, 2.75) is 13.3 Å². The van der Waals surface area contributed by atoms with Gasteiger partial charge in [-0.05, 0) is 19.1 Å². The lowest BCUT2D eigenvalue weighted by atomic mass is 10.4. The van der Waals surface area contributed by atoms with Crippen LogP contribution in [-0.4, -0.2) is 25.1 Å². The monoisotopic (exact) mass is 204 g/mol. The Kier molecular flexibility index (Phi) is 4.42. The Labute approximate surface area is 90.5 Å². The number of aromatic nitrogens is 1. The van der Waals surface area contributed by atoms with Crippen LogP contribution in [0.4, 0.5) is 11.6 Å². The molecule has 4 heteroatoms. The fourth-order valence-corrected chi connectivity index (χ4v) is 1.25. The van der Waals surface area contributed by atoms with Crippen molar-refractivity contribution in [3.8, 4) is 6.07 Å². The van der Waals surface area contributed by atoms with Gasteiger partial charge in [0.1, 0.15) is 11.6 Å². The summed E-state index contributed by atoms with van der Waals surface area (Å²) in [7, 11) is 1.94. The fraction of sp³-hybridized carbons (Fsp3) is 0.455. The van der Waals surface area contributed by atoms with Gasteiger partial charge in [-0.3, -0.25) is 0 Å². The van der Waals surface area contributed by atoms with Crippen LogP contribution in [0.15, 0.2) is 18.2 Å². The molecule has 0 saturated heterocycles. The molecule has 0 atom stereocenters. The maximum Gasteiger partial charge on any atom is 0.130 e. The highest BCUT2D eigenvalue weighted by Gasteiger charge is 2.02. The van der Waals surface area contributed by atoms with E-state index < -0.39 is 0 Å². The molecule has 80 valence electrons. The first-order valence-corrected chi connectivity index (χ1v) is 5.07. The molecule has 0 spiro atoms. The second-order valence-corrected chi connectivity index (χ2v) is 3.24. The summed E-state index contributed by atoms with van der Waals surface area (Å²) in [4.78, 5) is 6.40. The molecule has 0 radical (unpaired) electrons. The average Bonchev–Trinajstić information content (AvgIpc) is 2.27. The van der Waals surface area contributed by atoms with Gasteiger partial charge in [0.05, 0.1) is 12.5 Å². The number of nitrogens with zero attached hydrogens (tertiary/aromatic N) is 3. The first-order chi connectivity index (χ1) is 7.27. The van der Waals surface area contributed by atoms with E-state index in [1.165, 1.54) is 0 Å². The Morgan fingerprint density at radius 2 is 2.33 bits per heavy atom. The van der Waals surface area contributed by atoms with Gasteiger partial charge in [-0.1, -0.05) is 6.07 Å². The Balaban J connectivity index is 2.67. The maximum atomic E-state index is 8.49. The highest BCUT2D eigenvalue weighted by molar-refractivity contribution is 5.46. The lowest BCUT2D eigenvalue weighted by Crippen LogP contribution is -2.19. The van der Waals surface area contributed by atoms with Crippen molar-refractivity contribution in [2.75, 3.05) is 30.4 Å². The van der Waals surface area contributed by atoms with Crippen LogP contribution in [0.3, 0.4) is 0 Å². The number of anilines is 2. The van der Waals surface area contributed by atoms with Crippen molar-refractivity contribution >= 4 is 11.6 Å². The molecule has 0 aliphatic rings. The molecule has 0 bridgehead atoms. The van der Waals surface area contributed by atoms with E-state index in [1.54, 1.807) is 0 Å². The molecule has 0 aliphatic heterocycles. The molecular formula is C11H16N4. The lowest BCUT2D eigenvalue weighted by molar-refractivity contribution is 0.885. The summed E-state index contributed by atoms with van der Waals surface area (Å²) in [5.41, 5.74) is 0. The average molecular weight is 204 g/mol. The Bertz CT molecular complexity index is 343. The maximum absolute atomic E-state index is 8.49. The van der Waals surface area contributed by atoms with Crippen LogP contribution >= 0.6 is 0 Å². The van der Waals surface area contributed by atoms with E-state index in [9.17, 15) is 0 Å². The van der Waals surface area contributed by atoms with E-state index in [1.807, 2.05) is 37.1 Å². The molecule has 1 N–H and O–H groups in total. The second-order valence-electron chi connectivity index (χ2n) is 3.24. The molecule has 15 heavy (non-hydrogen) atoms. The second kappa shape index (κ2) is 5.86. The van der Waals surface area contributed by atoms with Crippen LogP contribution in [0.5, 0.6) is 0 Å². The van der Waals surface area contributed by atoms with Crippen molar-refractivity contribution in [2.24, 2.45) is 0 Å². The molecule has 0 saturated carbocycles. The minimum Gasteiger partial charge on any atom is -0.370 e. The minimum absolute atomic E-state index is 0.517. The summed E-state index contributed by atoms with van der Waals surface area (Å²) in [5, 5.41) is 11.6. The van der Waals surface area contributed by atoms with Crippen LogP contribution in [0, 0.1) is 11.3 Å². The van der Waals surface area contributed by atoms with E-state index in [2.05, 4.69) is 16.4 Å². The largest absolute Gasteiger partial charge is 0.370 e. The summed E-state index contributed by atoms with van der Waals surface area (Å²) < 4.78 is 0. The molecule has 1 heterocycles. The summed E-state index contributed by atoms with van der Waals surface area (Å²) >= 11 is 0. The summed E-state index contributed by atoms with van der Waals surface area (Å²) in [6, 6.07) is 7.96. The molecule has 1 rings (SSSR count). The Morgan fingerprint density at radius 1 is 1.53 bits per heavy atom. The predicted molar refractivity (Wildman–Crippen MR) is 61.9 cm³/mol. The highest BCUT2D eigenvalue weighted by Crippen LogP contribution is 2.12. The number of pyridine rings is 1. The number of hydrogen-bond donors (Lipinski definition) is 1. The van der Waals surface area contributed by atoms with Crippen LogP contribution in [0.2, 0.25) is 0 Å². The Hall–Kier alpha value is -1.76. The molecule has 0 amide bonds. The quantitative estimate of drug-likeness (QED) is 0.795. The highest BCUT2D eigenvalue weighted by atomic mass is 15.2. The molecule has 0 aromatic carbocycles. The standard InChI is InChI=1S/C11H16N4/c1-3-13-10-6-4-7-11(14-10)15(2)9-5-8-12/h4,6-7H,3,5,9H2,1-2H3,(H,13,14). The van der Waals surface area contributed by atoms with E-state index in [0.717, 1.165) is 18.2 Å². The van der Waals surface area contributed by atoms with Crippen LogP contribution in [-0.2, 0) is 0 Å². The van der Waals surface area contributed by atoms with Gasteiger partial charge in [0.25, 0.3) is 0 Å². The summed E-state index contributed by atoms with van der Waals surface area (Å²) in [6.07, 6.45) is 0.517. The molecule has 0 unspecified atom stereocenters. The first-order valence-electron chi connectivity index (χ1n) is 5.07. The van der Waals surface area contributed by atoms with Crippen molar-refractivity contribution in [1.82, 2.24) is 4.98 Å². The third-order valence-corrected chi connectivity index (χ3v) is 2.04. The predicted octanol–water partition coefficient (Wildman–Crippen LogP) is 1.86. The van der Waals surface area contributed by atoms with Crippen molar-refractivity contribution < 1.29 is 0 Å². The van der Waals surface area contributed by atoms with Gasteiger partial charge in [-0.2, -0.15) is 5.26 Å². The molecule has 4 nitrogen and oxygen atoms in total. The van der Waals surface area contributed by atoms with Crippen LogP contribution in [0.1, 0.15) is 13.3 Å². The number of hydrogen-bond acceptors (Lipinski definition) is 4. The first kappa shape index (κ1) is 11.3. The van der Waals surface area contributed by atoms with Gasteiger partial charge >= 0.3 is 0 Å². The minimum atomic E-state index is 0.517. The smallest absolute Gasteiger partial charge is 0.130 e. The van der Waals surface area contributed by atoms with E-state index in [0.29, 0.717) is 13.0 Å². The topological polar surface area (TPSA) is 52.0 Å². The Morgan fingerprint density at radius 3 is 3.00 bits per heavy atom. The van der Waals surface area contributed by atoms with Crippen molar-refractivity contribution in [3.63, 3.8) is 0 Å². The molecule has 1 aromatic rings. The van der Waals surface area contributed by atoms with Crippen LogP contribution < -0.4 is 10.2 Å². The lowest BCUT2D eigenvalue weighted by Gasteiger charge is -2.17. The zero-order chi connectivity index (χ0) is 11.1. The van der Waals surface area contributed by atoms with Crippen molar-refractivity contribution in [3.05, 3.63) is 18.2 Å². The number of nitriles is 1. The van der Waals surface area contributed by atoms with Crippen LogP contribution in [0.25, 0.3) is 0 Å². The fourth-order valence-electron chi connectivity index (χ4n) is 1.25. The van der Waals surface area contributed by atoms with Gasteiger partial charge in [0.15, 0.2) is 0 Å².